The highest BCUT2D eigenvalue weighted by Gasteiger charge is 2.29. The molecule has 2 N–H and O–H groups in total. The van der Waals surface area contributed by atoms with Gasteiger partial charge in [0.05, 0.1) is 23.6 Å². The Morgan fingerprint density at radius 1 is 1.27 bits per heavy atom. The monoisotopic (exact) mass is 329 g/mol. The number of hydrogen-bond donors (Lipinski definition) is 2. The molecule has 22 heavy (non-hydrogen) atoms. The Morgan fingerprint density at radius 2 is 1.95 bits per heavy atom. The normalized spacial score (nSPS) is 19.8. The lowest BCUT2D eigenvalue weighted by molar-refractivity contribution is -0.129. The van der Waals surface area contributed by atoms with Crippen molar-refractivity contribution in [3.05, 3.63) is 17.0 Å². The second-order valence-electron chi connectivity index (χ2n) is 5.55. The van der Waals surface area contributed by atoms with Crippen molar-refractivity contribution in [3.63, 3.8) is 0 Å². The third kappa shape index (κ3) is 4.30. The maximum Gasteiger partial charge on any atom is 0.243 e. The number of hydrazine groups is 1. The minimum atomic E-state index is -3.00. The first-order chi connectivity index (χ1) is 10.3. The van der Waals surface area contributed by atoms with Gasteiger partial charge < -0.3 is 4.52 Å². The van der Waals surface area contributed by atoms with E-state index in [0.29, 0.717) is 23.4 Å². The largest absolute Gasteiger partial charge is 0.361 e. The van der Waals surface area contributed by atoms with Crippen LogP contribution < -0.4 is 10.9 Å². The van der Waals surface area contributed by atoms with E-state index in [1.54, 1.807) is 13.8 Å². The minimum Gasteiger partial charge on any atom is -0.361 e. The van der Waals surface area contributed by atoms with E-state index in [-0.39, 0.29) is 36.2 Å². The Labute approximate surface area is 128 Å². The third-order valence-electron chi connectivity index (χ3n) is 3.66. The lowest BCUT2D eigenvalue weighted by Gasteiger charge is -2.09. The number of sulfone groups is 1. The predicted molar refractivity (Wildman–Crippen MR) is 77.3 cm³/mol. The van der Waals surface area contributed by atoms with Gasteiger partial charge in [0.2, 0.25) is 11.8 Å². The van der Waals surface area contributed by atoms with Crippen molar-refractivity contribution < 1.29 is 22.5 Å². The molecule has 0 aromatic carbocycles. The van der Waals surface area contributed by atoms with Crippen molar-refractivity contribution in [2.75, 3.05) is 11.5 Å². The van der Waals surface area contributed by atoms with Crippen molar-refractivity contribution in [2.24, 2.45) is 5.92 Å². The smallest absolute Gasteiger partial charge is 0.243 e. The molecular formula is C13H19N3O5S. The van der Waals surface area contributed by atoms with Gasteiger partial charge in [-0.1, -0.05) is 5.16 Å². The summed E-state index contributed by atoms with van der Waals surface area (Å²) in [5.74, 6) is -0.229. The maximum atomic E-state index is 11.8. The van der Waals surface area contributed by atoms with E-state index >= 15 is 0 Å². The van der Waals surface area contributed by atoms with E-state index in [1.807, 2.05) is 0 Å². The summed E-state index contributed by atoms with van der Waals surface area (Å²) >= 11 is 0. The summed E-state index contributed by atoms with van der Waals surface area (Å²) in [5, 5.41) is 3.75. The van der Waals surface area contributed by atoms with Crippen molar-refractivity contribution in [1.29, 1.82) is 0 Å². The van der Waals surface area contributed by atoms with Gasteiger partial charge in [0, 0.05) is 12.0 Å². The Balaban J connectivity index is 1.76. The Kier molecular flexibility index (Phi) is 4.84. The molecule has 2 amide bonds. The summed E-state index contributed by atoms with van der Waals surface area (Å²) < 4.78 is 27.6. The highest BCUT2D eigenvalue weighted by atomic mass is 32.2. The number of carbonyl (C=O) groups is 2. The van der Waals surface area contributed by atoms with Crippen molar-refractivity contribution >= 4 is 21.7 Å². The highest BCUT2D eigenvalue weighted by Crippen LogP contribution is 2.21. The van der Waals surface area contributed by atoms with Crippen molar-refractivity contribution in [3.8, 4) is 0 Å². The van der Waals surface area contributed by atoms with Gasteiger partial charge in [0.25, 0.3) is 0 Å². The first-order valence-corrected chi connectivity index (χ1v) is 8.79. The first kappa shape index (κ1) is 16.5. The molecule has 1 aliphatic heterocycles. The van der Waals surface area contributed by atoms with Crippen LogP contribution in [0.25, 0.3) is 0 Å². The van der Waals surface area contributed by atoms with Crippen LogP contribution >= 0.6 is 0 Å². The molecule has 0 radical (unpaired) electrons. The number of aryl methyl sites for hydroxylation is 2. The Morgan fingerprint density at radius 3 is 2.50 bits per heavy atom. The molecule has 1 saturated heterocycles. The van der Waals surface area contributed by atoms with Crippen LogP contribution in [0.5, 0.6) is 0 Å². The average molecular weight is 329 g/mol. The molecule has 122 valence electrons. The van der Waals surface area contributed by atoms with Crippen LogP contribution in [-0.2, 0) is 25.8 Å². The van der Waals surface area contributed by atoms with Gasteiger partial charge in [0.15, 0.2) is 9.84 Å². The third-order valence-corrected chi connectivity index (χ3v) is 5.50. The number of nitrogens with zero attached hydrogens (tertiary/aromatic N) is 1. The van der Waals surface area contributed by atoms with Crippen LogP contribution in [0, 0.1) is 19.8 Å². The number of rotatable bonds is 4. The van der Waals surface area contributed by atoms with Gasteiger partial charge in [-0.15, -0.1) is 0 Å². The zero-order valence-corrected chi connectivity index (χ0v) is 13.3. The van der Waals surface area contributed by atoms with Crippen LogP contribution in [0.15, 0.2) is 4.52 Å². The second-order valence-corrected chi connectivity index (χ2v) is 7.78. The molecule has 1 aromatic rings. The fourth-order valence-corrected chi connectivity index (χ4v) is 4.31. The van der Waals surface area contributed by atoms with Crippen LogP contribution in [0.1, 0.15) is 29.9 Å². The number of carbonyl (C=O) groups excluding carboxylic acids is 2. The molecule has 0 bridgehead atoms. The number of amides is 2. The van der Waals surface area contributed by atoms with Crippen LogP contribution in [0.3, 0.4) is 0 Å². The molecule has 1 fully saturated rings. The summed E-state index contributed by atoms with van der Waals surface area (Å²) in [6, 6.07) is 0. The number of aromatic nitrogens is 1. The Hall–Kier alpha value is -1.90. The molecule has 9 heteroatoms. The van der Waals surface area contributed by atoms with Gasteiger partial charge in [-0.2, -0.15) is 0 Å². The number of hydrogen-bond acceptors (Lipinski definition) is 6. The lowest BCUT2D eigenvalue weighted by atomic mass is 10.1. The van der Waals surface area contributed by atoms with Gasteiger partial charge in [0.1, 0.15) is 5.76 Å². The molecule has 1 aliphatic rings. The SMILES string of the molecule is Cc1noc(C)c1CC(=O)NNC(=O)CC1CCS(=O)(=O)C1. The molecule has 0 saturated carbocycles. The highest BCUT2D eigenvalue weighted by molar-refractivity contribution is 7.91. The molecule has 8 nitrogen and oxygen atoms in total. The summed E-state index contributed by atoms with van der Waals surface area (Å²) in [4.78, 5) is 23.5. The Bertz CT molecular complexity index is 660. The van der Waals surface area contributed by atoms with E-state index in [4.69, 9.17) is 4.52 Å². The van der Waals surface area contributed by atoms with Crippen molar-refractivity contribution in [1.82, 2.24) is 16.0 Å². The summed E-state index contributed by atoms with van der Waals surface area (Å²) in [5.41, 5.74) is 5.94. The quantitative estimate of drug-likeness (QED) is 0.739. The van der Waals surface area contributed by atoms with Gasteiger partial charge >= 0.3 is 0 Å². The molecule has 2 heterocycles. The summed E-state index contributed by atoms with van der Waals surface area (Å²) in [6.07, 6.45) is 0.632. The number of nitrogens with one attached hydrogen (secondary N) is 2. The predicted octanol–water partition coefficient (Wildman–Crippen LogP) is -0.194. The van der Waals surface area contributed by atoms with Crippen LogP contribution in [-0.4, -0.2) is 36.9 Å². The fraction of sp³-hybridized carbons (Fsp3) is 0.615. The van der Waals surface area contributed by atoms with Crippen molar-refractivity contribution in [2.45, 2.75) is 33.1 Å². The lowest BCUT2D eigenvalue weighted by Crippen LogP contribution is -2.43. The fourth-order valence-electron chi connectivity index (χ4n) is 2.44. The maximum absolute atomic E-state index is 11.8. The zero-order valence-electron chi connectivity index (χ0n) is 12.5. The van der Waals surface area contributed by atoms with E-state index in [1.165, 1.54) is 0 Å². The van der Waals surface area contributed by atoms with E-state index in [0.717, 1.165) is 0 Å². The average Bonchev–Trinajstić information content (AvgIpc) is 2.92. The standard InChI is InChI=1S/C13H19N3O5S/c1-8-11(9(2)21-16-8)6-13(18)15-14-12(17)5-10-3-4-22(19,20)7-10/h10H,3-7H2,1-2H3,(H,14,17)(H,15,18). The van der Waals surface area contributed by atoms with E-state index < -0.39 is 15.7 Å². The molecule has 1 unspecified atom stereocenters. The van der Waals surface area contributed by atoms with Gasteiger partial charge in [-0.3, -0.25) is 20.4 Å². The zero-order chi connectivity index (χ0) is 16.3. The van der Waals surface area contributed by atoms with Crippen LogP contribution in [0.2, 0.25) is 0 Å². The van der Waals surface area contributed by atoms with Gasteiger partial charge in [-0.05, 0) is 26.2 Å². The van der Waals surface area contributed by atoms with Gasteiger partial charge in [-0.25, -0.2) is 8.42 Å². The molecule has 0 aliphatic carbocycles. The molecule has 1 aromatic heterocycles. The molecular weight excluding hydrogens is 310 g/mol. The second kappa shape index (κ2) is 6.47. The van der Waals surface area contributed by atoms with Crippen LogP contribution in [0.4, 0.5) is 0 Å². The first-order valence-electron chi connectivity index (χ1n) is 6.96. The molecule has 1 atom stereocenters. The molecule has 2 rings (SSSR count). The van der Waals surface area contributed by atoms with E-state index in [2.05, 4.69) is 16.0 Å². The summed E-state index contributed by atoms with van der Waals surface area (Å²) in [6.45, 7) is 3.44. The topological polar surface area (TPSA) is 118 Å². The van der Waals surface area contributed by atoms with E-state index in [9.17, 15) is 18.0 Å². The summed E-state index contributed by atoms with van der Waals surface area (Å²) in [7, 11) is -3.00. The minimum absolute atomic E-state index is 0.0352. The molecule has 0 spiro atoms.